The highest BCUT2D eigenvalue weighted by atomic mass is 16.3. The van der Waals surface area contributed by atoms with E-state index < -0.39 is 6.17 Å². The lowest BCUT2D eigenvalue weighted by Gasteiger charge is -1.97. The van der Waals surface area contributed by atoms with Gasteiger partial charge in [0.1, 0.15) is 12.7 Å². The van der Waals surface area contributed by atoms with Gasteiger partial charge in [0.25, 0.3) is 0 Å². The van der Waals surface area contributed by atoms with Crippen molar-refractivity contribution in [3.8, 4) is 0 Å². The second-order valence-corrected chi connectivity index (χ2v) is 1.61. The van der Waals surface area contributed by atoms with E-state index in [4.69, 9.17) is 0 Å². The van der Waals surface area contributed by atoms with Gasteiger partial charge in [-0.15, -0.1) is 4.91 Å². The molecule has 1 rings (SSSR count). The molecule has 0 spiro atoms. The van der Waals surface area contributed by atoms with Gasteiger partial charge in [-0.3, -0.25) is 0 Å². The highest BCUT2D eigenvalue weighted by Crippen LogP contribution is 2.00. The molecule has 0 aliphatic heterocycles. The summed E-state index contributed by atoms with van der Waals surface area (Å²) in [5.41, 5.74) is 0. The molecular formula is C4H6N4O. The zero-order valence-electron chi connectivity index (χ0n) is 4.93. The van der Waals surface area contributed by atoms with Crippen LogP contribution >= 0.6 is 0 Å². The summed E-state index contributed by atoms with van der Waals surface area (Å²) in [5.74, 6) is 0. The number of aromatic nitrogens is 3. The van der Waals surface area contributed by atoms with Crippen molar-refractivity contribution < 1.29 is 0 Å². The largest absolute Gasteiger partial charge is 0.225 e. The Morgan fingerprint density at radius 2 is 2.56 bits per heavy atom. The van der Waals surface area contributed by atoms with Gasteiger partial charge in [0.2, 0.25) is 0 Å². The predicted molar refractivity (Wildman–Crippen MR) is 30.5 cm³/mol. The molecular weight excluding hydrogens is 120 g/mol. The van der Waals surface area contributed by atoms with Crippen LogP contribution in [0.4, 0.5) is 0 Å². The van der Waals surface area contributed by atoms with E-state index in [1.807, 2.05) is 0 Å². The molecule has 0 aromatic carbocycles. The van der Waals surface area contributed by atoms with Gasteiger partial charge in [-0.25, -0.2) is 9.67 Å². The fourth-order valence-electron chi connectivity index (χ4n) is 0.459. The Balaban J connectivity index is 2.76. The van der Waals surface area contributed by atoms with Gasteiger partial charge >= 0.3 is 0 Å². The Labute approximate surface area is 51.7 Å². The Hall–Kier alpha value is -1.26. The van der Waals surface area contributed by atoms with E-state index in [1.165, 1.54) is 17.3 Å². The summed E-state index contributed by atoms with van der Waals surface area (Å²) < 4.78 is 1.38. The van der Waals surface area contributed by atoms with Crippen LogP contribution in [0.1, 0.15) is 13.1 Å². The minimum absolute atomic E-state index is 0.451. The SMILES string of the molecule is CC(N=O)n1cncn1. The minimum atomic E-state index is -0.451. The second kappa shape index (κ2) is 2.34. The van der Waals surface area contributed by atoms with Crippen molar-refractivity contribution in [2.75, 3.05) is 0 Å². The summed E-state index contributed by atoms with van der Waals surface area (Å²) in [4.78, 5) is 13.5. The highest BCUT2D eigenvalue weighted by molar-refractivity contribution is 4.61. The average Bonchev–Trinajstić information content (AvgIpc) is 2.37. The van der Waals surface area contributed by atoms with Crippen LogP contribution < -0.4 is 0 Å². The van der Waals surface area contributed by atoms with E-state index in [9.17, 15) is 4.91 Å². The molecule has 1 aromatic rings. The first-order chi connectivity index (χ1) is 4.34. The molecule has 1 atom stereocenters. The first-order valence-corrected chi connectivity index (χ1v) is 2.51. The first-order valence-electron chi connectivity index (χ1n) is 2.51. The third kappa shape index (κ3) is 1.10. The van der Waals surface area contributed by atoms with E-state index in [2.05, 4.69) is 15.3 Å². The lowest BCUT2D eigenvalue weighted by molar-refractivity contribution is 0.507. The van der Waals surface area contributed by atoms with E-state index in [0.29, 0.717) is 0 Å². The predicted octanol–water partition coefficient (Wildman–Crippen LogP) is 0.563. The summed E-state index contributed by atoms with van der Waals surface area (Å²) >= 11 is 0. The molecule has 0 bridgehead atoms. The van der Waals surface area contributed by atoms with E-state index in [0.717, 1.165) is 0 Å². The van der Waals surface area contributed by atoms with Gasteiger partial charge in [-0.2, -0.15) is 5.10 Å². The molecule has 9 heavy (non-hydrogen) atoms. The van der Waals surface area contributed by atoms with Crippen LogP contribution in [0.3, 0.4) is 0 Å². The van der Waals surface area contributed by atoms with Gasteiger partial charge in [-0.1, -0.05) is 0 Å². The first kappa shape index (κ1) is 5.87. The summed E-state index contributed by atoms with van der Waals surface area (Å²) in [5, 5.41) is 6.44. The highest BCUT2D eigenvalue weighted by Gasteiger charge is 2.00. The standard InChI is InChI=1S/C4H6N4O/c1-4(7-9)8-3-5-2-6-8/h2-4H,1H3. The quantitative estimate of drug-likeness (QED) is 0.544. The van der Waals surface area contributed by atoms with Crippen LogP contribution in [-0.4, -0.2) is 14.8 Å². The number of hydrogen-bond donors (Lipinski definition) is 0. The van der Waals surface area contributed by atoms with E-state index in [1.54, 1.807) is 6.92 Å². The zero-order valence-corrected chi connectivity index (χ0v) is 4.93. The van der Waals surface area contributed by atoms with Crippen molar-refractivity contribution in [2.45, 2.75) is 13.1 Å². The lowest BCUT2D eigenvalue weighted by atomic mass is 10.6. The molecule has 5 nitrogen and oxygen atoms in total. The third-order valence-corrected chi connectivity index (χ3v) is 0.972. The molecule has 1 heterocycles. The molecule has 0 radical (unpaired) electrons. The van der Waals surface area contributed by atoms with Crippen molar-refractivity contribution in [1.82, 2.24) is 14.8 Å². The number of nitrogens with zero attached hydrogens (tertiary/aromatic N) is 4. The summed E-state index contributed by atoms with van der Waals surface area (Å²) in [6.07, 6.45) is 2.36. The van der Waals surface area contributed by atoms with Crippen molar-refractivity contribution in [3.63, 3.8) is 0 Å². The third-order valence-electron chi connectivity index (χ3n) is 0.972. The molecule has 0 aliphatic carbocycles. The van der Waals surface area contributed by atoms with E-state index in [-0.39, 0.29) is 0 Å². The molecule has 1 unspecified atom stereocenters. The lowest BCUT2D eigenvalue weighted by Crippen LogP contribution is -2.00. The topological polar surface area (TPSA) is 60.1 Å². The Morgan fingerprint density at radius 3 is 3.00 bits per heavy atom. The van der Waals surface area contributed by atoms with Gasteiger partial charge in [-0.05, 0) is 12.1 Å². The normalized spacial score (nSPS) is 13.0. The maximum absolute atomic E-state index is 9.86. The zero-order chi connectivity index (χ0) is 6.69. The van der Waals surface area contributed by atoms with Gasteiger partial charge in [0.15, 0.2) is 6.17 Å². The van der Waals surface area contributed by atoms with Crippen molar-refractivity contribution in [3.05, 3.63) is 17.6 Å². The number of hydrogen-bond acceptors (Lipinski definition) is 4. The smallest absolute Gasteiger partial charge is 0.182 e. The maximum atomic E-state index is 9.86. The van der Waals surface area contributed by atoms with Crippen LogP contribution in [0, 0.1) is 4.91 Å². The molecule has 0 saturated heterocycles. The van der Waals surface area contributed by atoms with Crippen molar-refractivity contribution in [2.24, 2.45) is 5.18 Å². The molecule has 0 aliphatic rings. The molecule has 0 amide bonds. The molecule has 48 valence electrons. The molecule has 0 fully saturated rings. The van der Waals surface area contributed by atoms with Crippen molar-refractivity contribution >= 4 is 0 Å². The Morgan fingerprint density at radius 1 is 1.78 bits per heavy atom. The van der Waals surface area contributed by atoms with Gasteiger partial charge in [0, 0.05) is 0 Å². The Bertz CT molecular complexity index is 182. The maximum Gasteiger partial charge on any atom is 0.182 e. The fourth-order valence-corrected chi connectivity index (χ4v) is 0.459. The van der Waals surface area contributed by atoms with Crippen LogP contribution in [0.5, 0.6) is 0 Å². The second-order valence-electron chi connectivity index (χ2n) is 1.61. The Kier molecular flexibility index (Phi) is 1.53. The van der Waals surface area contributed by atoms with Crippen LogP contribution in [0.2, 0.25) is 0 Å². The van der Waals surface area contributed by atoms with Crippen LogP contribution in [-0.2, 0) is 0 Å². The van der Waals surface area contributed by atoms with E-state index >= 15 is 0 Å². The van der Waals surface area contributed by atoms with Crippen molar-refractivity contribution in [1.29, 1.82) is 0 Å². The summed E-state index contributed by atoms with van der Waals surface area (Å²) in [6.45, 7) is 1.64. The molecule has 1 aromatic heterocycles. The monoisotopic (exact) mass is 126 g/mol. The molecule has 5 heteroatoms. The summed E-state index contributed by atoms with van der Waals surface area (Å²) in [6, 6.07) is 0. The minimum Gasteiger partial charge on any atom is -0.225 e. The van der Waals surface area contributed by atoms with Gasteiger partial charge in [0.05, 0.1) is 0 Å². The summed E-state index contributed by atoms with van der Waals surface area (Å²) in [7, 11) is 0. The number of nitroso groups, excluding NO2 is 1. The number of rotatable bonds is 2. The average molecular weight is 126 g/mol. The fraction of sp³-hybridized carbons (Fsp3) is 0.500. The molecule has 0 N–H and O–H groups in total. The van der Waals surface area contributed by atoms with Crippen LogP contribution in [0.15, 0.2) is 17.8 Å². The van der Waals surface area contributed by atoms with Gasteiger partial charge < -0.3 is 0 Å². The molecule has 0 saturated carbocycles. The van der Waals surface area contributed by atoms with Crippen LogP contribution in [0.25, 0.3) is 0 Å².